The largest absolute Gasteiger partial charge is 0.480 e. The van der Waals surface area contributed by atoms with Gasteiger partial charge in [0.05, 0.1) is 36.5 Å². The van der Waals surface area contributed by atoms with Gasteiger partial charge in [-0.05, 0) is 32.9 Å². The topological polar surface area (TPSA) is 152 Å². The second-order valence-corrected chi connectivity index (χ2v) is 10.9. The van der Waals surface area contributed by atoms with Crippen molar-refractivity contribution in [2.24, 2.45) is 10.7 Å². The van der Waals surface area contributed by atoms with E-state index in [1.54, 1.807) is 33.0 Å². The van der Waals surface area contributed by atoms with Crippen LogP contribution in [0.1, 0.15) is 26.3 Å². The Hall–Kier alpha value is -3.09. The molecule has 0 fully saturated rings. The molecule has 12 heteroatoms. The standard InChI is InChI=1S/C20H24FN7O3S/c1-19(2)18(22)28-20(3,10-32(19,29)30)12-7-11(8-25-16(12)21)26-17-15-13(5-6-23-17)27-14(31-4)9-24-15/h5-9,29-30H,10H2,1-4H3,(H2,22,28)(H,23,26)/t20-/m0/s1. The van der Waals surface area contributed by atoms with Crippen LogP contribution < -0.4 is 15.8 Å². The third kappa shape index (κ3) is 3.59. The molecule has 3 aromatic rings. The maximum atomic E-state index is 14.8. The van der Waals surface area contributed by atoms with Crippen molar-refractivity contribution in [1.29, 1.82) is 0 Å². The van der Waals surface area contributed by atoms with Crippen LogP contribution in [-0.2, 0) is 5.54 Å². The predicted molar refractivity (Wildman–Crippen MR) is 122 cm³/mol. The van der Waals surface area contributed by atoms with E-state index >= 15 is 0 Å². The molecule has 10 nitrogen and oxygen atoms in total. The Bertz CT molecular complexity index is 1240. The van der Waals surface area contributed by atoms with Gasteiger partial charge < -0.3 is 15.8 Å². The fourth-order valence-electron chi connectivity index (χ4n) is 3.46. The molecule has 1 aliphatic rings. The number of rotatable bonds is 4. The summed E-state index contributed by atoms with van der Waals surface area (Å²) in [4.78, 5) is 21.2. The number of hydrogen-bond acceptors (Lipinski definition) is 10. The number of aliphatic imine (C=N–C) groups is 1. The van der Waals surface area contributed by atoms with Crippen LogP contribution in [0.15, 0.2) is 35.7 Å². The van der Waals surface area contributed by atoms with Crippen molar-refractivity contribution in [2.45, 2.75) is 31.1 Å². The van der Waals surface area contributed by atoms with Gasteiger partial charge in [0.15, 0.2) is 5.82 Å². The monoisotopic (exact) mass is 461 g/mol. The molecular formula is C20H24FN7O3S. The lowest BCUT2D eigenvalue weighted by atomic mass is 9.94. The molecule has 0 unspecified atom stereocenters. The van der Waals surface area contributed by atoms with Crippen LogP contribution in [-0.4, -0.2) is 52.5 Å². The number of halogens is 1. The predicted octanol–water partition coefficient (Wildman–Crippen LogP) is 3.43. The van der Waals surface area contributed by atoms with Crippen LogP contribution in [0.3, 0.4) is 0 Å². The van der Waals surface area contributed by atoms with Gasteiger partial charge in [-0.1, -0.05) is 0 Å². The number of fused-ring (bicyclic) bond motifs is 1. The van der Waals surface area contributed by atoms with E-state index in [2.05, 4.69) is 30.2 Å². The Morgan fingerprint density at radius 1 is 1.19 bits per heavy atom. The molecular weight excluding hydrogens is 437 g/mol. The molecule has 0 saturated carbocycles. The van der Waals surface area contributed by atoms with Crippen molar-refractivity contribution in [3.63, 3.8) is 0 Å². The zero-order valence-corrected chi connectivity index (χ0v) is 18.8. The van der Waals surface area contributed by atoms with Crippen LogP contribution in [0.5, 0.6) is 5.88 Å². The van der Waals surface area contributed by atoms with E-state index in [1.165, 1.54) is 25.6 Å². The Balaban J connectivity index is 1.75. The molecule has 4 rings (SSSR count). The second-order valence-electron chi connectivity index (χ2n) is 8.22. The van der Waals surface area contributed by atoms with E-state index < -0.39 is 26.8 Å². The summed E-state index contributed by atoms with van der Waals surface area (Å²) in [6.07, 6.45) is 4.33. The minimum Gasteiger partial charge on any atom is -0.480 e. The summed E-state index contributed by atoms with van der Waals surface area (Å²) in [6, 6.07) is 3.20. The molecule has 1 atom stereocenters. The number of anilines is 2. The fourth-order valence-corrected chi connectivity index (χ4v) is 5.21. The Morgan fingerprint density at radius 3 is 2.62 bits per heavy atom. The number of amidine groups is 1. The van der Waals surface area contributed by atoms with Crippen LogP contribution in [0.25, 0.3) is 11.0 Å². The SMILES string of the molecule is COc1cnc2c(Nc3cnc(F)c([C@]4(C)CS(O)(O)C(C)(C)C(N)=N4)c3)nccc2n1. The van der Waals surface area contributed by atoms with E-state index in [9.17, 15) is 13.5 Å². The number of ether oxygens (including phenoxy) is 1. The van der Waals surface area contributed by atoms with Gasteiger partial charge in [0.1, 0.15) is 21.6 Å². The van der Waals surface area contributed by atoms with Gasteiger partial charge in [-0.3, -0.25) is 14.1 Å². The first kappa shape index (κ1) is 22.1. The van der Waals surface area contributed by atoms with Crippen molar-refractivity contribution in [3.8, 4) is 5.88 Å². The van der Waals surface area contributed by atoms with E-state index in [1.807, 2.05) is 0 Å². The first-order valence-corrected chi connectivity index (χ1v) is 11.4. The summed E-state index contributed by atoms with van der Waals surface area (Å²) in [6.45, 7) is 4.81. The molecule has 0 radical (unpaired) electrons. The maximum absolute atomic E-state index is 14.8. The highest BCUT2D eigenvalue weighted by atomic mass is 32.3. The smallest absolute Gasteiger partial charge is 0.232 e. The molecule has 0 aliphatic carbocycles. The van der Waals surface area contributed by atoms with Gasteiger partial charge in [-0.15, -0.1) is 0 Å². The highest BCUT2D eigenvalue weighted by molar-refractivity contribution is 8.26. The molecule has 32 heavy (non-hydrogen) atoms. The van der Waals surface area contributed by atoms with Crippen molar-refractivity contribution in [3.05, 3.63) is 42.2 Å². The zero-order valence-electron chi connectivity index (χ0n) is 18.0. The minimum absolute atomic E-state index is 0.0453. The van der Waals surface area contributed by atoms with Gasteiger partial charge >= 0.3 is 0 Å². The summed E-state index contributed by atoms with van der Waals surface area (Å²) in [7, 11) is -1.70. The molecule has 0 bridgehead atoms. The molecule has 0 aromatic carbocycles. The summed E-state index contributed by atoms with van der Waals surface area (Å²) in [5, 5.41) is 3.08. The van der Waals surface area contributed by atoms with Gasteiger partial charge in [-0.25, -0.2) is 19.9 Å². The van der Waals surface area contributed by atoms with E-state index in [4.69, 9.17) is 10.5 Å². The zero-order chi connectivity index (χ0) is 23.3. The van der Waals surface area contributed by atoms with E-state index in [0.717, 1.165) is 0 Å². The highest BCUT2D eigenvalue weighted by Crippen LogP contribution is 2.59. The number of pyridine rings is 2. The molecule has 0 amide bonds. The quantitative estimate of drug-likeness (QED) is 0.428. The molecule has 3 aromatic heterocycles. The van der Waals surface area contributed by atoms with Gasteiger partial charge in [0.25, 0.3) is 0 Å². The van der Waals surface area contributed by atoms with Crippen LogP contribution in [0.4, 0.5) is 15.9 Å². The van der Waals surface area contributed by atoms with Crippen LogP contribution in [0.2, 0.25) is 0 Å². The Kier molecular flexibility index (Phi) is 5.18. The number of aromatic nitrogens is 4. The fraction of sp³-hybridized carbons (Fsp3) is 0.350. The lowest BCUT2D eigenvalue weighted by Gasteiger charge is -2.53. The molecule has 4 heterocycles. The third-order valence-corrected chi connectivity index (χ3v) is 8.42. The van der Waals surface area contributed by atoms with Crippen molar-refractivity contribution >= 4 is 39.0 Å². The molecule has 1 aliphatic heterocycles. The van der Waals surface area contributed by atoms with Crippen molar-refractivity contribution in [1.82, 2.24) is 19.9 Å². The molecule has 5 N–H and O–H groups in total. The lowest BCUT2D eigenvalue weighted by molar-refractivity contribution is 0.397. The summed E-state index contributed by atoms with van der Waals surface area (Å²) in [5.74, 6) is -0.167. The number of methoxy groups -OCH3 is 1. The summed E-state index contributed by atoms with van der Waals surface area (Å²) < 4.78 is 40.2. The number of nitrogens with two attached hydrogens (primary N) is 1. The average Bonchev–Trinajstić information content (AvgIpc) is 2.73. The highest BCUT2D eigenvalue weighted by Gasteiger charge is 2.49. The minimum atomic E-state index is -3.20. The van der Waals surface area contributed by atoms with E-state index in [-0.39, 0.29) is 17.2 Å². The maximum Gasteiger partial charge on any atom is 0.232 e. The molecule has 0 saturated heterocycles. The first-order chi connectivity index (χ1) is 15.0. The summed E-state index contributed by atoms with van der Waals surface area (Å²) in [5.41, 5.74) is 6.28. The Labute approximate surface area is 185 Å². The van der Waals surface area contributed by atoms with Gasteiger partial charge in [-0.2, -0.15) is 15.0 Å². The number of nitrogens with zero attached hydrogens (tertiary/aromatic N) is 5. The molecule has 0 spiro atoms. The van der Waals surface area contributed by atoms with Crippen LogP contribution in [0, 0.1) is 5.95 Å². The van der Waals surface area contributed by atoms with E-state index in [0.29, 0.717) is 28.4 Å². The van der Waals surface area contributed by atoms with Crippen molar-refractivity contribution < 1.29 is 18.2 Å². The third-order valence-electron chi connectivity index (χ3n) is 5.61. The van der Waals surface area contributed by atoms with Gasteiger partial charge in [0, 0.05) is 11.8 Å². The number of hydrogen-bond donors (Lipinski definition) is 4. The van der Waals surface area contributed by atoms with Crippen LogP contribution >= 0.6 is 10.6 Å². The Morgan fingerprint density at radius 2 is 1.94 bits per heavy atom. The lowest BCUT2D eigenvalue weighted by Crippen LogP contribution is -2.52. The molecule has 170 valence electrons. The normalized spacial score (nSPS) is 22.8. The van der Waals surface area contributed by atoms with Gasteiger partial charge in [0.2, 0.25) is 11.8 Å². The van der Waals surface area contributed by atoms with Crippen molar-refractivity contribution in [2.75, 3.05) is 18.2 Å². The average molecular weight is 462 g/mol. The first-order valence-electron chi connectivity index (χ1n) is 9.67. The summed E-state index contributed by atoms with van der Waals surface area (Å²) >= 11 is 0. The number of nitrogens with one attached hydrogen (secondary N) is 1. The second kappa shape index (κ2) is 7.50.